The van der Waals surface area contributed by atoms with Crippen LogP contribution in [0.5, 0.6) is 0 Å². The van der Waals surface area contributed by atoms with Gasteiger partial charge in [0.05, 0.1) is 0 Å². The molecule has 0 saturated heterocycles. The topological polar surface area (TPSA) is 12.0 Å². The van der Waals surface area contributed by atoms with Crippen molar-refractivity contribution in [3.8, 4) is 0 Å². The zero-order valence-electron chi connectivity index (χ0n) is 9.63. The van der Waals surface area contributed by atoms with Gasteiger partial charge in [-0.1, -0.05) is 26.0 Å². The van der Waals surface area contributed by atoms with Crippen LogP contribution in [0.4, 0.5) is 8.78 Å². The first-order valence-electron chi connectivity index (χ1n) is 5.77. The van der Waals surface area contributed by atoms with E-state index in [2.05, 4.69) is 19.2 Å². The monoisotopic (exact) mass is 225 g/mol. The van der Waals surface area contributed by atoms with Gasteiger partial charge in [-0.3, -0.25) is 0 Å². The molecule has 2 unspecified atom stereocenters. The largest absolute Gasteiger partial charge is 0.314 e. The van der Waals surface area contributed by atoms with Gasteiger partial charge in [0.15, 0.2) is 11.6 Å². The maximum atomic E-state index is 13.5. The first kappa shape index (κ1) is 11.5. The summed E-state index contributed by atoms with van der Waals surface area (Å²) in [5, 5.41) is 3.33. The maximum absolute atomic E-state index is 13.5. The first-order valence-corrected chi connectivity index (χ1v) is 5.77. The summed E-state index contributed by atoms with van der Waals surface area (Å²) in [6, 6.07) is 4.89. The van der Waals surface area contributed by atoms with Crippen LogP contribution in [0.3, 0.4) is 0 Å². The van der Waals surface area contributed by atoms with Crippen LogP contribution >= 0.6 is 0 Å². The fourth-order valence-electron chi connectivity index (χ4n) is 2.05. The lowest BCUT2D eigenvalue weighted by molar-refractivity contribution is 0.494. The second-order valence-corrected chi connectivity index (χ2v) is 4.81. The number of halogens is 2. The molecular formula is C13H17F2N. The van der Waals surface area contributed by atoms with E-state index in [1.807, 2.05) is 0 Å². The minimum atomic E-state index is -0.736. The molecule has 0 radical (unpaired) electrons. The van der Waals surface area contributed by atoms with E-state index < -0.39 is 11.6 Å². The third kappa shape index (κ3) is 2.40. The maximum Gasteiger partial charge on any atom is 0.162 e. The third-order valence-corrected chi connectivity index (χ3v) is 3.09. The van der Waals surface area contributed by atoms with Gasteiger partial charge in [0.1, 0.15) is 0 Å². The fourth-order valence-corrected chi connectivity index (χ4v) is 2.05. The Morgan fingerprint density at radius 2 is 2.12 bits per heavy atom. The zero-order valence-corrected chi connectivity index (χ0v) is 9.63. The Balaban J connectivity index is 1.98. The Kier molecular flexibility index (Phi) is 3.24. The fraction of sp³-hybridized carbons (Fsp3) is 0.538. The van der Waals surface area contributed by atoms with Crippen LogP contribution in [0.25, 0.3) is 0 Å². The highest BCUT2D eigenvalue weighted by atomic mass is 19.2. The van der Waals surface area contributed by atoms with E-state index in [9.17, 15) is 8.78 Å². The molecule has 1 aromatic carbocycles. The van der Waals surface area contributed by atoms with Gasteiger partial charge >= 0.3 is 0 Å². The molecule has 1 N–H and O–H groups in total. The second kappa shape index (κ2) is 4.50. The van der Waals surface area contributed by atoms with Gasteiger partial charge in [0, 0.05) is 6.04 Å². The molecule has 1 nitrogen and oxygen atoms in total. The Hall–Kier alpha value is -0.960. The molecule has 0 amide bonds. The van der Waals surface area contributed by atoms with Gasteiger partial charge in [-0.2, -0.15) is 0 Å². The molecule has 0 spiro atoms. The summed E-state index contributed by atoms with van der Waals surface area (Å²) in [5.74, 6) is -0.750. The quantitative estimate of drug-likeness (QED) is 0.830. The van der Waals surface area contributed by atoms with Crippen molar-refractivity contribution in [2.45, 2.75) is 32.2 Å². The molecule has 1 fully saturated rings. The Morgan fingerprint density at radius 1 is 1.38 bits per heavy atom. The normalized spacial score (nSPS) is 23.8. The van der Waals surface area contributed by atoms with E-state index in [-0.39, 0.29) is 5.92 Å². The van der Waals surface area contributed by atoms with Crippen molar-refractivity contribution in [3.05, 3.63) is 35.4 Å². The van der Waals surface area contributed by atoms with Crippen LogP contribution in [0.2, 0.25) is 0 Å². The van der Waals surface area contributed by atoms with Crippen molar-refractivity contribution in [3.63, 3.8) is 0 Å². The van der Waals surface area contributed by atoms with Gasteiger partial charge in [-0.25, -0.2) is 8.78 Å². The smallest absolute Gasteiger partial charge is 0.162 e. The van der Waals surface area contributed by atoms with E-state index in [4.69, 9.17) is 0 Å². The van der Waals surface area contributed by atoms with E-state index in [0.29, 0.717) is 17.5 Å². The number of nitrogens with one attached hydrogen (secondary N) is 1. The first-order chi connectivity index (χ1) is 7.59. The van der Waals surface area contributed by atoms with E-state index in [1.54, 1.807) is 12.1 Å². The summed E-state index contributed by atoms with van der Waals surface area (Å²) in [6.45, 7) is 5.05. The lowest BCUT2D eigenvalue weighted by Crippen LogP contribution is -2.25. The van der Waals surface area contributed by atoms with Crippen molar-refractivity contribution >= 4 is 0 Å². The average Bonchev–Trinajstić information content (AvgIpc) is 2.98. The number of hydrogen-bond acceptors (Lipinski definition) is 1. The molecule has 16 heavy (non-hydrogen) atoms. The Bertz CT molecular complexity index is 376. The zero-order chi connectivity index (χ0) is 11.7. The molecule has 1 aromatic rings. The van der Waals surface area contributed by atoms with Gasteiger partial charge in [0.2, 0.25) is 0 Å². The van der Waals surface area contributed by atoms with Crippen LogP contribution in [0.1, 0.15) is 31.7 Å². The molecule has 1 aliphatic carbocycles. The lowest BCUT2D eigenvalue weighted by Gasteiger charge is -2.07. The SMILES string of the molecule is CC(C)NCC1CC1c1cccc(F)c1F. The van der Waals surface area contributed by atoms with Crippen molar-refractivity contribution in [2.75, 3.05) is 6.54 Å². The standard InChI is InChI=1S/C13H17F2N/c1-8(2)16-7-9-6-11(9)10-4-3-5-12(14)13(10)15/h3-5,8-9,11,16H,6-7H2,1-2H3. The molecular weight excluding hydrogens is 208 g/mol. The molecule has 0 aliphatic heterocycles. The minimum absolute atomic E-state index is 0.196. The van der Waals surface area contributed by atoms with Crippen LogP contribution in [0, 0.1) is 17.6 Å². The van der Waals surface area contributed by atoms with Gasteiger partial charge in [-0.15, -0.1) is 0 Å². The summed E-state index contributed by atoms with van der Waals surface area (Å²) >= 11 is 0. The third-order valence-electron chi connectivity index (χ3n) is 3.09. The highest BCUT2D eigenvalue weighted by Gasteiger charge is 2.39. The molecule has 0 heterocycles. The second-order valence-electron chi connectivity index (χ2n) is 4.81. The van der Waals surface area contributed by atoms with Crippen LogP contribution in [-0.4, -0.2) is 12.6 Å². The Morgan fingerprint density at radius 3 is 2.81 bits per heavy atom. The van der Waals surface area contributed by atoms with Crippen molar-refractivity contribution < 1.29 is 8.78 Å². The predicted molar refractivity (Wildman–Crippen MR) is 60.3 cm³/mol. The van der Waals surface area contributed by atoms with Crippen LogP contribution in [-0.2, 0) is 0 Å². The number of benzene rings is 1. The molecule has 1 saturated carbocycles. The van der Waals surface area contributed by atoms with Gasteiger partial charge in [-0.05, 0) is 36.4 Å². The molecule has 3 heteroatoms. The molecule has 2 rings (SSSR count). The molecule has 88 valence electrons. The predicted octanol–water partition coefficient (Wildman–Crippen LogP) is 3.07. The lowest BCUT2D eigenvalue weighted by atomic mass is 10.1. The average molecular weight is 225 g/mol. The highest BCUT2D eigenvalue weighted by molar-refractivity contribution is 5.28. The van der Waals surface area contributed by atoms with Gasteiger partial charge < -0.3 is 5.32 Å². The van der Waals surface area contributed by atoms with Crippen LogP contribution in [0.15, 0.2) is 18.2 Å². The number of rotatable bonds is 4. The Labute approximate surface area is 94.9 Å². The summed E-state index contributed by atoms with van der Waals surface area (Å²) in [4.78, 5) is 0. The number of hydrogen-bond donors (Lipinski definition) is 1. The van der Waals surface area contributed by atoms with Crippen molar-refractivity contribution in [1.29, 1.82) is 0 Å². The van der Waals surface area contributed by atoms with E-state index in [1.165, 1.54) is 6.07 Å². The van der Waals surface area contributed by atoms with Gasteiger partial charge in [0.25, 0.3) is 0 Å². The van der Waals surface area contributed by atoms with Crippen molar-refractivity contribution in [2.24, 2.45) is 5.92 Å². The molecule has 2 atom stereocenters. The molecule has 0 aromatic heterocycles. The summed E-state index contributed by atoms with van der Waals surface area (Å²) in [6.07, 6.45) is 0.958. The summed E-state index contributed by atoms with van der Waals surface area (Å²) < 4.78 is 26.5. The van der Waals surface area contributed by atoms with E-state index in [0.717, 1.165) is 13.0 Å². The summed E-state index contributed by atoms with van der Waals surface area (Å²) in [7, 11) is 0. The minimum Gasteiger partial charge on any atom is -0.314 e. The van der Waals surface area contributed by atoms with Crippen LogP contribution < -0.4 is 5.32 Å². The van der Waals surface area contributed by atoms with E-state index >= 15 is 0 Å². The highest BCUT2D eigenvalue weighted by Crippen LogP contribution is 2.48. The van der Waals surface area contributed by atoms with Crippen molar-refractivity contribution in [1.82, 2.24) is 5.32 Å². The summed E-state index contributed by atoms with van der Waals surface area (Å²) in [5.41, 5.74) is 0.538. The molecule has 0 bridgehead atoms. The molecule has 1 aliphatic rings.